The molecular weight excluding hydrogens is 342 g/mol. The fourth-order valence-corrected chi connectivity index (χ4v) is 3.99. The van der Waals surface area contributed by atoms with E-state index in [9.17, 15) is 0 Å². The quantitative estimate of drug-likeness (QED) is 0.824. The van der Waals surface area contributed by atoms with Gasteiger partial charge in [0, 0.05) is 30.7 Å². The number of hydrogen-bond donors (Lipinski definition) is 0. The predicted molar refractivity (Wildman–Crippen MR) is 90.3 cm³/mol. The first-order valence-corrected chi connectivity index (χ1v) is 8.37. The maximum atomic E-state index is 4.60. The van der Waals surface area contributed by atoms with Gasteiger partial charge in [-0.25, -0.2) is 15.0 Å². The molecule has 5 rings (SSSR count). The van der Waals surface area contributed by atoms with Gasteiger partial charge in [0.05, 0.1) is 16.6 Å². The lowest BCUT2D eigenvalue weighted by atomic mass is 9.87. The van der Waals surface area contributed by atoms with Crippen molar-refractivity contribution in [2.75, 3.05) is 22.9 Å². The van der Waals surface area contributed by atoms with Crippen LogP contribution in [0.3, 0.4) is 0 Å². The summed E-state index contributed by atoms with van der Waals surface area (Å²) in [5, 5.41) is 0. The lowest BCUT2D eigenvalue weighted by Gasteiger charge is -2.57. The van der Waals surface area contributed by atoms with Crippen LogP contribution in [-0.2, 0) is 0 Å². The van der Waals surface area contributed by atoms with E-state index in [1.165, 1.54) is 6.42 Å². The Kier molecular flexibility index (Phi) is 3.29. The Bertz CT molecular complexity index is 687. The molecule has 0 aromatic carbocycles. The van der Waals surface area contributed by atoms with E-state index in [-0.39, 0.29) is 0 Å². The van der Waals surface area contributed by atoms with E-state index in [1.54, 1.807) is 0 Å². The van der Waals surface area contributed by atoms with E-state index in [1.807, 2.05) is 32.2 Å². The summed E-state index contributed by atoms with van der Waals surface area (Å²) in [6.45, 7) is 5.98. The smallest absolute Gasteiger partial charge is 0.225 e. The molecule has 2 unspecified atom stereocenters. The normalized spacial score (nSPS) is 23.4. The maximum Gasteiger partial charge on any atom is 0.225 e. The highest BCUT2D eigenvalue weighted by molar-refractivity contribution is 9.10. The minimum atomic E-state index is 0.495. The Balaban J connectivity index is 1.56. The molecule has 22 heavy (non-hydrogen) atoms. The van der Waals surface area contributed by atoms with Crippen molar-refractivity contribution >= 4 is 27.7 Å². The number of nitrogens with zero attached hydrogens (tertiary/aromatic N) is 5. The Morgan fingerprint density at radius 3 is 2.45 bits per heavy atom. The Labute approximate surface area is 138 Å². The molecule has 0 aliphatic carbocycles. The molecule has 114 valence electrons. The van der Waals surface area contributed by atoms with Gasteiger partial charge in [0.25, 0.3) is 0 Å². The van der Waals surface area contributed by atoms with Gasteiger partial charge in [0.15, 0.2) is 0 Å². The van der Waals surface area contributed by atoms with Crippen LogP contribution in [0.1, 0.15) is 17.8 Å². The third-order valence-corrected chi connectivity index (χ3v) is 5.05. The SMILES string of the molecule is Cc1cc(C)nc(N2CC3CC(C2)N3c2ncccc2Br)n1. The number of aryl methyl sites for hydroxylation is 2. The second-order valence-corrected chi connectivity index (χ2v) is 6.97. The van der Waals surface area contributed by atoms with Crippen LogP contribution in [0.5, 0.6) is 0 Å². The highest BCUT2D eigenvalue weighted by atomic mass is 79.9. The molecule has 3 aliphatic rings. The zero-order valence-corrected chi connectivity index (χ0v) is 14.3. The second kappa shape index (κ2) is 5.19. The summed E-state index contributed by atoms with van der Waals surface area (Å²) < 4.78 is 1.07. The number of rotatable bonds is 2. The first kappa shape index (κ1) is 13.9. The van der Waals surface area contributed by atoms with Crippen LogP contribution < -0.4 is 9.80 Å². The van der Waals surface area contributed by atoms with Crippen molar-refractivity contribution in [1.82, 2.24) is 15.0 Å². The Morgan fingerprint density at radius 2 is 1.82 bits per heavy atom. The zero-order chi connectivity index (χ0) is 15.3. The Morgan fingerprint density at radius 1 is 1.14 bits per heavy atom. The van der Waals surface area contributed by atoms with Gasteiger partial charge >= 0.3 is 0 Å². The van der Waals surface area contributed by atoms with E-state index < -0.39 is 0 Å². The summed E-state index contributed by atoms with van der Waals surface area (Å²) >= 11 is 3.62. The molecule has 6 heteroatoms. The third kappa shape index (κ3) is 2.26. The summed E-state index contributed by atoms with van der Waals surface area (Å²) in [4.78, 5) is 18.5. The molecular formula is C16H18BrN5. The fraction of sp³-hybridized carbons (Fsp3) is 0.438. The molecule has 2 aromatic heterocycles. The molecule has 0 saturated carbocycles. The molecule has 3 saturated heterocycles. The first-order chi connectivity index (χ1) is 10.6. The van der Waals surface area contributed by atoms with Gasteiger partial charge in [-0.05, 0) is 54.4 Å². The molecule has 0 radical (unpaired) electrons. The lowest BCUT2D eigenvalue weighted by molar-refractivity contribution is 0.286. The molecule has 5 nitrogen and oxygen atoms in total. The fourth-order valence-electron chi connectivity index (χ4n) is 3.53. The molecule has 5 heterocycles. The van der Waals surface area contributed by atoms with Crippen molar-refractivity contribution in [2.24, 2.45) is 0 Å². The monoisotopic (exact) mass is 359 g/mol. The van der Waals surface area contributed by atoms with E-state index in [2.05, 4.69) is 46.7 Å². The van der Waals surface area contributed by atoms with Gasteiger partial charge in [-0.2, -0.15) is 0 Å². The van der Waals surface area contributed by atoms with Crippen LogP contribution in [-0.4, -0.2) is 40.1 Å². The molecule has 2 atom stereocenters. The van der Waals surface area contributed by atoms with Crippen LogP contribution in [0.15, 0.2) is 28.9 Å². The van der Waals surface area contributed by atoms with Crippen molar-refractivity contribution in [3.05, 3.63) is 40.3 Å². The van der Waals surface area contributed by atoms with Crippen molar-refractivity contribution in [3.63, 3.8) is 0 Å². The van der Waals surface area contributed by atoms with Crippen LogP contribution in [0.4, 0.5) is 11.8 Å². The average molecular weight is 360 g/mol. The molecule has 3 aliphatic heterocycles. The number of piperazine rings is 1. The number of hydrogen-bond acceptors (Lipinski definition) is 5. The topological polar surface area (TPSA) is 45.2 Å². The highest BCUT2D eigenvalue weighted by Gasteiger charge is 2.46. The van der Waals surface area contributed by atoms with Gasteiger partial charge < -0.3 is 9.80 Å². The molecule has 2 aromatic rings. The largest absolute Gasteiger partial charge is 0.346 e. The average Bonchev–Trinajstić information content (AvgIpc) is 2.48. The number of pyridine rings is 1. The van der Waals surface area contributed by atoms with Crippen LogP contribution >= 0.6 is 15.9 Å². The maximum absolute atomic E-state index is 4.60. The van der Waals surface area contributed by atoms with Gasteiger partial charge in [0.1, 0.15) is 5.82 Å². The van der Waals surface area contributed by atoms with Gasteiger partial charge in [0.2, 0.25) is 5.95 Å². The second-order valence-electron chi connectivity index (χ2n) is 6.12. The summed E-state index contributed by atoms with van der Waals surface area (Å²) in [5.41, 5.74) is 2.07. The standard InChI is InChI=1S/C16H18BrN5/c1-10-6-11(2)20-16(19-10)21-8-12-7-13(9-21)22(12)15-14(17)4-3-5-18-15/h3-6,12-13H,7-9H2,1-2H3. The van der Waals surface area contributed by atoms with E-state index >= 15 is 0 Å². The summed E-state index contributed by atoms with van der Waals surface area (Å²) in [6.07, 6.45) is 3.09. The van der Waals surface area contributed by atoms with Crippen molar-refractivity contribution < 1.29 is 0 Å². The van der Waals surface area contributed by atoms with E-state index in [4.69, 9.17) is 0 Å². The molecule has 3 fully saturated rings. The zero-order valence-electron chi connectivity index (χ0n) is 12.7. The number of aromatic nitrogens is 3. The molecule has 0 N–H and O–H groups in total. The van der Waals surface area contributed by atoms with Gasteiger partial charge in [-0.3, -0.25) is 0 Å². The van der Waals surface area contributed by atoms with Gasteiger partial charge in [-0.15, -0.1) is 0 Å². The van der Waals surface area contributed by atoms with Crippen molar-refractivity contribution in [1.29, 1.82) is 0 Å². The Hall–Kier alpha value is -1.69. The molecule has 0 spiro atoms. The van der Waals surface area contributed by atoms with Crippen LogP contribution in [0, 0.1) is 13.8 Å². The molecule has 2 bridgehead atoms. The summed E-state index contributed by atoms with van der Waals surface area (Å²) in [5.74, 6) is 1.93. The number of piperidine rings is 1. The number of fused-ring (bicyclic) bond motifs is 2. The summed E-state index contributed by atoms with van der Waals surface area (Å²) in [6, 6.07) is 7.02. The first-order valence-electron chi connectivity index (χ1n) is 7.58. The minimum Gasteiger partial charge on any atom is -0.346 e. The van der Waals surface area contributed by atoms with Crippen LogP contribution in [0.25, 0.3) is 0 Å². The van der Waals surface area contributed by atoms with Crippen LogP contribution in [0.2, 0.25) is 0 Å². The van der Waals surface area contributed by atoms with Crippen molar-refractivity contribution in [2.45, 2.75) is 32.4 Å². The number of anilines is 2. The lowest BCUT2D eigenvalue weighted by Crippen LogP contribution is -2.69. The molecule has 0 amide bonds. The van der Waals surface area contributed by atoms with Crippen molar-refractivity contribution in [3.8, 4) is 0 Å². The summed E-state index contributed by atoms with van der Waals surface area (Å²) in [7, 11) is 0. The predicted octanol–water partition coefficient (Wildman–Crippen LogP) is 2.72. The van der Waals surface area contributed by atoms with E-state index in [0.717, 1.165) is 40.7 Å². The van der Waals surface area contributed by atoms with Gasteiger partial charge in [-0.1, -0.05) is 0 Å². The number of halogens is 1. The third-order valence-electron chi connectivity index (χ3n) is 4.43. The van der Waals surface area contributed by atoms with E-state index in [0.29, 0.717) is 12.1 Å². The highest BCUT2D eigenvalue weighted by Crippen LogP contribution is 2.39. The minimum absolute atomic E-state index is 0.495.